The largest absolute Gasteiger partial charge is 0.417 e. The van der Waals surface area contributed by atoms with Gasteiger partial charge in [0.25, 0.3) is 5.91 Å². The quantitative estimate of drug-likeness (QED) is 0.856. The SMILES string of the molecule is N#Cc1ccccc1C[C@H](NC(=O)c1ccccc1C(F)(F)F)C(N)=O. The summed E-state index contributed by atoms with van der Waals surface area (Å²) in [5, 5.41) is 11.3. The molecule has 0 aliphatic rings. The third-order valence-electron chi connectivity index (χ3n) is 3.69. The Morgan fingerprint density at radius 1 is 1.12 bits per heavy atom. The molecule has 2 amide bonds. The number of primary amides is 1. The van der Waals surface area contributed by atoms with E-state index in [0.717, 1.165) is 18.2 Å². The summed E-state index contributed by atoms with van der Waals surface area (Å²) in [5.41, 5.74) is 4.27. The highest BCUT2D eigenvalue weighted by Gasteiger charge is 2.35. The summed E-state index contributed by atoms with van der Waals surface area (Å²) in [6.07, 6.45) is -4.83. The van der Waals surface area contributed by atoms with Gasteiger partial charge in [0.1, 0.15) is 6.04 Å². The first-order chi connectivity index (χ1) is 12.2. The van der Waals surface area contributed by atoms with Crippen molar-refractivity contribution < 1.29 is 22.8 Å². The minimum absolute atomic E-state index is 0.112. The standard InChI is InChI=1S/C18H14F3N3O2/c19-18(20,21)14-8-4-3-7-13(14)17(26)24-15(16(23)25)9-11-5-1-2-6-12(11)10-22/h1-8,15H,9H2,(H2,23,25)(H,24,26)/t15-/m0/s1. The number of hydrogen-bond acceptors (Lipinski definition) is 3. The molecular weight excluding hydrogens is 347 g/mol. The van der Waals surface area contributed by atoms with E-state index in [2.05, 4.69) is 5.32 Å². The second-order valence-electron chi connectivity index (χ2n) is 5.44. The number of rotatable bonds is 5. The molecular formula is C18H14F3N3O2. The van der Waals surface area contributed by atoms with E-state index in [4.69, 9.17) is 11.0 Å². The van der Waals surface area contributed by atoms with E-state index in [-0.39, 0.29) is 12.0 Å². The summed E-state index contributed by atoms with van der Waals surface area (Å²) in [6, 6.07) is 11.3. The van der Waals surface area contributed by atoms with Crippen molar-refractivity contribution in [3.05, 3.63) is 70.8 Å². The van der Waals surface area contributed by atoms with Crippen molar-refractivity contribution in [2.24, 2.45) is 5.73 Å². The van der Waals surface area contributed by atoms with E-state index < -0.39 is 35.2 Å². The first kappa shape index (κ1) is 19.0. The van der Waals surface area contributed by atoms with Gasteiger partial charge in [-0.3, -0.25) is 9.59 Å². The van der Waals surface area contributed by atoms with Crippen molar-refractivity contribution in [2.45, 2.75) is 18.6 Å². The Balaban J connectivity index is 2.28. The number of nitriles is 1. The summed E-state index contributed by atoms with van der Waals surface area (Å²) in [6.45, 7) is 0. The fourth-order valence-corrected chi connectivity index (χ4v) is 2.41. The molecule has 0 spiro atoms. The third-order valence-corrected chi connectivity index (χ3v) is 3.69. The molecule has 0 fully saturated rings. The molecule has 0 saturated carbocycles. The molecule has 0 saturated heterocycles. The number of alkyl halides is 3. The van der Waals surface area contributed by atoms with E-state index in [1.807, 2.05) is 6.07 Å². The second-order valence-corrected chi connectivity index (χ2v) is 5.44. The number of benzene rings is 2. The van der Waals surface area contributed by atoms with Crippen molar-refractivity contribution in [3.63, 3.8) is 0 Å². The van der Waals surface area contributed by atoms with Crippen molar-refractivity contribution >= 4 is 11.8 Å². The number of nitrogens with two attached hydrogens (primary N) is 1. The molecule has 2 rings (SSSR count). The average Bonchev–Trinajstić information content (AvgIpc) is 2.60. The summed E-state index contributed by atoms with van der Waals surface area (Å²) < 4.78 is 39.1. The monoisotopic (exact) mass is 361 g/mol. The highest BCUT2D eigenvalue weighted by Crippen LogP contribution is 2.31. The lowest BCUT2D eigenvalue weighted by Crippen LogP contribution is -2.46. The van der Waals surface area contributed by atoms with Crippen LogP contribution in [0.4, 0.5) is 13.2 Å². The van der Waals surface area contributed by atoms with Crippen LogP contribution in [0, 0.1) is 11.3 Å². The van der Waals surface area contributed by atoms with Gasteiger partial charge in [-0.25, -0.2) is 0 Å². The molecule has 26 heavy (non-hydrogen) atoms. The Hall–Kier alpha value is -3.34. The van der Waals surface area contributed by atoms with Crippen LogP contribution in [0.25, 0.3) is 0 Å². The predicted octanol–water partition coefficient (Wildman–Crippen LogP) is 2.40. The number of amides is 2. The maximum absolute atomic E-state index is 13.0. The smallest absolute Gasteiger partial charge is 0.368 e. The number of halogens is 3. The van der Waals surface area contributed by atoms with Gasteiger partial charge in [-0.2, -0.15) is 18.4 Å². The van der Waals surface area contributed by atoms with E-state index in [1.165, 1.54) is 12.1 Å². The van der Waals surface area contributed by atoms with Crippen molar-refractivity contribution in [2.75, 3.05) is 0 Å². The van der Waals surface area contributed by atoms with Crippen LogP contribution >= 0.6 is 0 Å². The zero-order chi connectivity index (χ0) is 19.3. The first-order valence-electron chi connectivity index (χ1n) is 7.48. The summed E-state index contributed by atoms with van der Waals surface area (Å²) in [5.74, 6) is -1.99. The molecule has 0 unspecified atom stereocenters. The molecule has 0 radical (unpaired) electrons. The fraction of sp³-hybridized carbons (Fsp3) is 0.167. The lowest BCUT2D eigenvalue weighted by atomic mass is 9.99. The maximum Gasteiger partial charge on any atom is 0.417 e. The summed E-state index contributed by atoms with van der Waals surface area (Å²) in [4.78, 5) is 23.9. The average molecular weight is 361 g/mol. The van der Waals surface area contributed by atoms with Crippen molar-refractivity contribution in [1.82, 2.24) is 5.32 Å². The molecule has 2 aromatic carbocycles. The molecule has 0 aliphatic heterocycles. The molecule has 0 aliphatic carbocycles. The van der Waals surface area contributed by atoms with Crippen molar-refractivity contribution in [1.29, 1.82) is 5.26 Å². The first-order valence-corrected chi connectivity index (χ1v) is 7.48. The van der Waals surface area contributed by atoms with Crippen molar-refractivity contribution in [3.8, 4) is 6.07 Å². The van der Waals surface area contributed by atoms with Crippen LogP contribution in [0.1, 0.15) is 27.0 Å². The van der Waals surface area contributed by atoms with Gasteiger partial charge in [0.15, 0.2) is 0 Å². The van der Waals surface area contributed by atoms with Crippen LogP contribution in [-0.4, -0.2) is 17.9 Å². The third kappa shape index (κ3) is 4.39. The highest BCUT2D eigenvalue weighted by molar-refractivity contribution is 5.98. The van der Waals surface area contributed by atoms with Gasteiger partial charge in [-0.15, -0.1) is 0 Å². The molecule has 5 nitrogen and oxygen atoms in total. The molecule has 0 bridgehead atoms. The van der Waals surface area contributed by atoms with Gasteiger partial charge in [0.05, 0.1) is 22.8 Å². The number of hydrogen-bond donors (Lipinski definition) is 2. The Morgan fingerprint density at radius 2 is 1.73 bits per heavy atom. The van der Waals surface area contributed by atoms with Gasteiger partial charge in [0, 0.05) is 6.42 Å². The van der Waals surface area contributed by atoms with Gasteiger partial charge in [0.2, 0.25) is 5.91 Å². The van der Waals surface area contributed by atoms with Gasteiger partial charge >= 0.3 is 6.18 Å². The lowest BCUT2D eigenvalue weighted by Gasteiger charge is -2.18. The summed E-state index contributed by atoms with van der Waals surface area (Å²) >= 11 is 0. The Morgan fingerprint density at radius 3 is 2.35 bits per heavy atom. The fourth-order valence-electron chi connectivity index (χ4n) is 2.41. The van der Waals surface area contributed by atoms with Crippen LogP contribution in [-0.2, 0) is 17.4 Å². The zero-order valence-corrected chi connectivity index (χ0v) is 13.4. The van der Waals surface area contributed by atoms with Crippen LogP contribution in [0.5, 0.6) is 0 Å². The van der Waals surface area contributed by atoms with E-state index in [1.54, 1.807) is 18.2 Å². The Labute approximate surface area is 147 Å². The number of nitrogens with one attached hydrogen (secondary N) is 1. The van der Waals surface area contributed by atoms with Crippen LogP contribution in [0.3, 0.4) is 0 Å². The van der Waals surface area contributed by atoms with Crippen LogP contribution in [0.15, 0.2) is 48.5 Å². The highest BCUT2D eigenvalue weighted by atomic mass is 19.4. The zero-order valence-electron chi connectivity index (χ0n) is 13.4. The second kappa shape index (κ2) is 7.70. The van der Waals surface area contributed by atoms with E-state index in [0.29, 0.717) is 5.56 Å². The number of carbonyl (C=O) groups is 2. The van der Waals surface area contributed by atoms with Crippen LogP contribution < -0.4 is 11.1 Å². The normalized spacial score (nSPS) is 12.1. The maximum atomic E-state index is 13.0. The molecule has 134 valence electrons. The number of carbonyl (C=O) groups excluding carboxylic acids is 2. The molecule has 8 heteroatoms. The predicted molar refractivity (Wildman–Crippen MR) is 86.8 cm³/mol. The molecule has 2 aromatic rings. The minimum Gasteiger partial charge on any atom is -0.368 e. The van der Waals surface area contributed by atoms with Crippen LogP contribution in [0.2, 0.25) is 0 Å². The van der Waals surface area contributed by atoms with Gasteiger partial charge in [-0.05, 0) is 23.8 Å². The number of nitrogens with zero attached hydrogens (tertiary/aromatic N) is 1. The summed E-state index contributed by atoms with van der Waals surface area (Å²) in [7, 11) is 0. The Kier molecular flexibility index (Phi) is 5.62. The van der Waals surface area contributed by atoms with Gasteiger partial charge < -0.3 is 11.1 Å². The lowest BCUT2D eigenvalue weighted by molar-refractivity contribution is -0.137. The molecule has 0 aromatic heterocycles. The van der Waals surface area contributed by atoms with E-state index in [9.17, 15) is 22.8 Å². The topological polar surface area (TPSA) is 96.0 Å². The molecule has 1 atom stereocenters. The Bertz CT molecular complexity index is 872. The minimum atomic E-state index is -4.72. The molecule has 0 heterocycles. The molecule has 3 N–H and O–H groups in total. The van der Waals surface area contributed by atoms with Gasteiger partial charge in [-0.1, -0.05) is 30.3 Å². The van der Waals surface area contributed by atoms with E-state index >= 15 is 0 Å².